The predicted octanol–water partition coefficient (Wildman–Crippen LogP) is 3.58. The van der Waals surface area contributed by atoms with Crippen molar-refractivity contribution in [1.29, 1.82) is 0 Å². The molecular formula is C18H27NO. The van der Waals surface area contributed by atoms with Crippen LogP contribution in [0.5, 0.6) is 0 Å². The molecule has 20 heavy (non-hydrogen) atoms. The maximum Gasteiger partial charge on any atom is 0.0495 e. The van der Waals surface area contributed by atoms with Crippen LogP contribution in [-0.2, 0) is 4.74 Å². The van der Waals surface area contributed by atoms with Gasteiger partial charge in [0.15, 0.2) is 0 Å². The van der Waals surface area contributed by atoms with Crippen molar-refractivity contribution in [1.82, 2.24) is 5.32 Å². The summed E-state index contributed by atoms with van der Waals surface area (Å²) in [4.78, 5) is 0. The molecule has 2 aliphatic rings. The van der Waals surface area contributed by atoms with Gasteiger partial charge in [0.05, 0.1) is 0 Å². The smallest absolute Gasteiger partial charge is 0.0495 e. The molecule has 1 saturated heterocycles. The van der Waals surface area contributed by atoms with Crippen molar-refractivity contribution < 1.29 is 4.74 Å². The molecule has 1 aromatic carbocycles. The van der Waals surface area contributed by atoms with E-state index in [0.717, 1.165) is 37.5 Å². The second-order valence-electron chi connectivity index (χ2n) is 6.44. The predicted molar refractivity (Wildman–Crippen MR) is 82.9 cm³/mol. The summed E-state index contributed by atoms with van der Waals surface area (Å²) in [7, 11) is 0. The first-order valence-electron chi connectivity index (χ1n) is 8.24. The molecule has 4 unspecified atom stereocenters. The molecule has 1 aromatic rings. The normalized spacial score (nSPS) is 30.4. The molecule has 3 rings (SSSR count). The average molecular weight is 273 g/mol. The van der Waals surface area contributed by atoms with Crippen LogP contribution in [0.15, 0.2) is 30.3 Å². The Morgan fingerprint density at radius 2 is 2.15 bits per heavy atom. The zero-order chi connectivity index (χ0) is 13.8. The SMILES string of the molecule is CCCNC(CC1CCOC1)C1CC1c1ccccc1. The van der Waals surface area contributed by atoms with Crippen LogP contribution in [0.3, 0.4) is 0 Å². The van der Waals surface area contributed by atoms with E-state index in [1.807, 2.05) is 0 Å². The molecule has 110 valence electrons. The number of nitrogens with one attached hydrogen (secondary N) is 1. The Labute approximate surface area is 122 Å². The van der Waals surface area contributed by atoms with E-state index in [-0.39, 0.29) is 0 Å². The Morgan fingerprint density at radius 3 is 2.85 bits per heavy atom. The average Bonchev–Trinajstić information content (AvgIpc) is 3.13. The molecule has 0 aromatic heterocycles. The first kappa shape index (κ1) is 14.1. The fraction of sp³-hybridized carbons (Fsp3) is 0.667. The van der Waals surface area contributed by atoms with Crippen molar-refractivity contribution in [2.45, 2.75) is 44.6 Å². The Hall–Kier alpha value is -0.860. The van der Waals surface area contributed by atoms with Crippen molar-refractivity contribution in [3.05, 3.63) is 35.9 Å². The second kappa shape index (κ2) is 6.73. The largest absolute Gasteiger partial charge is 0.381 e. The van der Waals surface area contributed by atoms with Crippen molar-refractivity contribution in [2.75, 3.05) is 19.8 Å². The van der Waals surface area contributed by atoms with Crippen LogP contribution in [0.2, 0.25) is 0 Å². The van der Waals surface area contributed by atoms with Crippen LogP contribution in [0.4, 0.5) is 0 Å². The summed E-state index contributed by atoms with van der Waals surface area (Å²) in [6.45, 7) is 5.35. The minimum absolute atomic E-state index is 0.687. The van der Waals surface area contributed by atoms with Gasteiger partial charge < -0.3 is 10.1 Å². The lowest BCUT2D eigenvalue weighted by atomic mass is 9.94. The molecule has 2 heteroatoms. The molecule has 4 atom stereocenters. The highest BCUT2D eigenvalue weighted by Crippen LogP contribution is 2.50. The monoisotopic (exact) mass is 273 g/mol. The van der Waals surface area contributed by atoms with Gasteiger partial charge in [-0.15, -0.1) is 0 Å². The summed E-state index contributed by atoms with van der Waals surface area (Å²) >= 11 is 0. The second-order valence-corrected chi connectivity index (χ2v) is 6.44. The number of rotatable bonds is 7. The highest BCUT2D eigenvalue weighted by Gasteiger charge is 2.44. The maximum atomic E-state index is 5.55. The molecule has 1 aliphatic carbocycles. The van der Waals surface area contributed by atoms with Crippen molar-refractivity contribution in [2.24, 2.45) is 11.8 Å². The summed E-state index contributed by atoms with van der Waals surface area (Å²) in [6, 6.07) is 11.7. The van der Waals surface area contributed by atoms with E-state index < -0.39 is 0 Å². The van der Waals surface area contributed by atoms with E-state index in [1.54, 1.807) is 0 Å². The third kappa shape index (κ3) is 3.42. The maximum absolute atomic E-state index is 5.55. The molecule has 2 nitrogen and oxygen atoms in total. The Kier molecular flexibility index (Phi) is 4.74. The van der Waals surface area contributed by atoms with Gasteiger partial charge in [-0.1, -0.05) is 37.3 Å². The van der Waals surface area contributed by atoms with Crippen LogP contribution in [0.25, 0.3) is 0 Å². The quantitative estimate of drug-likeness (QED) is 0.820. The molecular weight excluding hydrogens is 246 g/mol. The first-order chi connectivity index (χ1) is 9.88. The standard InChI is InChI=1S/C18H27NO/c1-2-9-19-18(11-14-8-10-20-13-14)17-12-16(17)15-6-4-3-5-7-15/h3-7,14,16-19H,2,8-13H2,1H3. The molecule has 1 N–H and O–H groups in total. The molecule has 1 aliphatic heterocycles. The Bertz CT molecular complexity index is 399. The lowest BCUT2D eigenvalue weighted by molar-refractivity contribution is 0.180. The van der Waals surface area contributed by atoms with E-state index in [2.05, 4.69) is 42.6 Å². The number of benzene rings is 1. The van der Waals surface area contributed by atoms with E-state index in [4.69, 9.17) is 4.74 Å². The van der Waals surface area contributed by atoms with E-state index in [0.29, 0.717) is 6.04 Å². The molecule has 2 fully saturated rings. The third-order valence-corrected chi connectivity index (χ3v) is 4.85. The van der Waals surface area contributed by atoms with E-state index in [1.165, 1.54) is 31.2 Å². The summed E-state index contributed by atoms with van der Waals surface area (Å²) in [5, 5.41) is 3.80. The summed E-state index contributed by atoms with van der Waals surface area (Å²) in [5.74, 6) is 2.40. The highest BCUT2D eigenvalue weighted by atomic mass is 16.5. The van der Waals surface area contributed by atoms with Gasteiger partial charge in [-0.25, -0.2) is 0 Å². The minimum atomic E-state index is 0.687. The van der Waals surface area contributed by atoms with Gasteiger partial charge in [0.25, 0.3) is 0 Å². The summed E-state index contributed by atoms with van der Waals surface area (Å²) < 4.78 is 5.55. The molecule has 1 saturated carbocycles. The van der Waals surface area contributed by atoms with Crippen molar-refractivity contribution >= 4 is 0 Å². The zero-order valence-corrected chi connectivity index (χ0v) is 12.6. The number of hydrogen-bond acceptors (Lipinski definition) is 2. The fourth-order valence-corrected chi connectivity index (χ4v) is 3.61. The van der Waals surface area contributed by atoms with Crippen LogP contribution in [0, 0.1) is 11.8 Å². The Morgan fingerprint density at radius 1 is 1.30 bits per heavy atom. The van der Waals surface area contributed by atoms with E-state index in [9.17, 15) is 0 Å². The van der Waals surface area contributed by atoms with Crippen molar-refractivity contribution in [3.63, 3.8) is 0 Å². The number of ether oxygens (including phenoxy) is 1. The van der Waals surface area contributed by atoms with Crippen LogP contribution >= 0.6 is 0 Å². The lowest BCUT2D eigenvalue weighted by Crippen LogP contribution is -2.34. The molecule has 1 heterocycles. The number of hydrogen-bond donors (Lipinski definition) is 1. The van der Waals surface area contributed by atoms with Crippen LogP contribution in [0.1, 0.15) is 44.1 Å². The first-order valence-corrected chi connectivity index (χ1v) is 8.24. The molecule has 0 radical (unpaired) electrons. The molecule has 0 bridgehead atoms. The minimum Gasteiger partial charge on any atom is -0.381 e. The third-order valence-electron chi connectivity index (χ3n) is 4.85. The van der Waals surface area contributed by atoms with Gasteiger partial charge in [-0.3, -0.25) is 0 Å². The topological polar surface area (TPSA) is 21.3 Å². The highest BCUT2D eigenvalue weighted by molar-refractivity contribution is 5.26. The van der Waals surface area contributed by atoms with Gasteiger partial charge in [-0.05, 0) is 55.5 Å². The van der Waals surface area contributed by atoms with Crippen molar-refractivity contribution in [3.8, 4) is 0 Å². The summed E-state index contributed by atoms with van der Waals surface area (Å²) in [5.41, 5.74) is 1.53. The molecule has 0 amide bonds. The van der Waals surface area contributed by atoms with Gasteiger partial charge in [-0.2, -0.15) is 0 Å². The van der Waals surface area contributed by atoms with Crippen LogP contribution < -0.4 is 5.32 Å². The lowest BCUT2D eigenvalue weighted by Gasteiger charge is -2.21. The van der Waals surface area contributed by atoms with Gasteiger partial charge in [0.1, 0.15) is 0 Å². The van der Waals surface area contributed by atoms with Gasteiger partial charge in [0.2, 0.25) is 0 Å². The zero-order valence-electron chi connectivity index (χ0n) is 12.6. The Balaban J connectivity index is 1.58. The van der Waals surface area contributed by atoms with Crippen LogP contribution in [-0.4, -0.2) is 25.8 Å². The van der Waals surface area contributed by atoms with E-state index >= 15 is 0 Å². The van der Waals surface area contributed by atoms with Gasteiger partial charge >= 0.3 is 0 Å². The fourth-order valence-electron chi connectivity index (χ4n) is 3.61. The summed E-state index contributed by atoms with van der Waals surface area (Å²) in [6.07, 6.45) is 5.14. The van der Waals surface area contributed by atoms with Gasteiger partial charge in [0, 0.05) is 19.3 Å². The molecule has 0 spiro atoms.